The van der Waals surface area contributed by atoms with E-state index in [0.29, 0.717) is 17.1 Å². The molecule has 2 aromatic carbocycles. The smallest absolute Gasteiger partial charge is 0.313 e. The number of aryl methyl sites for hydroxylation is 1. The van der Waals surface area contributed by atoms with Crippen molar-refractivity contribution in [2.45, 2.75) is 13.3 Å². The van der Waals surface area contributed by atoms with Crippen LogP contribution >= 0.6 is 22.9 Å². The molecule has 8 nitrogen and oxygen atoms in total. The van der Waals surface area contributed by atoms with Crippen LogP contribution in [0.2, 0.25) is 5.02 Å². The maximum Gasteiger partial charge on any atom is 0.313 e. The van der Waals surface area contributed by atoms with Gasteiger partial charge in [-0.3, -0.25) is 14.3 Å². The molecule has 0 spiro atoms. The summed E-state index contributed by atoms with van der Waals surface area (Å²) in [6.45, 7) is 2.17. The van der Waals surface area contributed by atoms with Crippen LogP contribution < -0.4 is 15.4 Å². The Labute approximate surface area is 195 Å². The Hall–Kier alpha value is -2.95. The van der Waals surface area contributed by atoms with Gasteiger partial charge in [-0.1, -0.05) is 29.8 Å². The monoisotopic (exact) mass is 492 g/mol. The van der Waals surface area contributed by atoms with Crippen LogP contribution in [0.25, 0.3) is 10.6 Å². The van der Waals surface area contributed by atoms with Gasteiger partial charge >= 0.3 is 11.8 Å². The molecule has 0 bridgehead atoms. The van der Waals surface area contributed by atoms with Crippen molar-refractivity contribution < 1.29 is 18.0 Å². The Balaban J connectivity index is 1.53. The number of benzene rings is 2. The molecule has 11 heteroatoms. The second kappa shape index (κ2) is 10.1. The number of halogens is 1. The van der Waals surface area contributed by atoms with Gasteiger partial charge in [-0.15, -0.1) is 11.3 Å². The molecule has 2 amide bonds. The first-order valence-electron chi connectivity index (χ1n) is 9.50. The third-order valence-corrected chi connectivity index (χ3v) is 6.38. The molecule has 0 fully saturated rings. The van der Waals surface area contributed by atoms with Crippen molar-refractivity contribution in [1.82, 2.24) is 10.3 Å². The standard InChI is InChI=1S/C21H21ClN4O4S2/c1-13-18(31-21(24-13)14-6-8-15(22)9-7-14)10-11-23-19(27)20(28)25-16-4-3-5-17(12-16)26-32(2,29)30/h3-9,12,26H,10-11H2,1-2H3,(H,23,27)(H,25,28). The van der Waals surface area contributed by atoms with Crippen molar-refractivity contribution in [3.05, 3.63) is 64.1 Å². The number of anilines is 2. The summed E-state index contributed by atoms with van der Waals surface area (Å²) in [6, 6.07) is 13.5. The largest absolute Gasteiger partial charge is 0.347 e. The molecule has 168 valence electrons. The maximum atomic E-state index is 12.2. The molecule has 3 aromatic rings. The lowest BCUT2D eigenvalue weighted by Crippen LogP contribution is -2.36. The van der Waals surface area contributed by atoms with Crippen LogP contribution in [0.15, 0.2) is 48.5 Å². The van der Waals surface area contributed by atoms with Crippen LogP contribution in [0.1, 0.15) is 10.6 Å². The molecule has 3 rings (SSSR count). The van der Waals surface area contributed by atoms with Gasteiger partial charge in [0.1, 0.15) is 5.01 Å². The number of nitrogens with zero attached hydrogens (tertiary/aromatic N) is 1. The fourth-order valence-corrected chi connectivity index (χ4v) is 4.56. The van der Waals surface area contributed by atoms with Gasteiger partial charge in [0.15, 0.2) is 0 Å². The molecule has 0 saturated carbocycles. The molecule has 0 unspecified atom stereocenters. The van der Waals surface area contributed by atoms with Gasteiger partial charge in [0.05, 0.1) is 17.6 Å². The van der Waals surface area contributed by atoms with E-state index in [-0.39, 0.29) is 12.2 Å². The second-order valence-corrected chi connectivity index (χ2v) is 10.2. The lowest BCUT2D eigenvalue weighted by atomic mass is 10.2. The highest BCUT2D eigenvalue weighted by atomic mass is 35.5. The summed E-state index contributed by atoms with van der Waals surface area (Å²) in [5.41, 5.74) is 2.41. The SMILES string of the molecule is Cc1nc(-c2ccc(Cl)cc2)sc1CCNC(=O)C(=O)Nc1cccc(NS(C)(=O)=O)c1. The Kier molecular flexibility index (Phi) is 7.49. The molecule has 32 heavy (non-hydrogen) atoms. The number of sulfonamides is 1. The van der Waals surface area contributed by atoms with E-state index in [4.69, 9.17) is 11.6 Å². The summed E-state index contributed by atoms with van der Waals surface area (Å²) in [7, 11) is -3.45. The number of amides is 2. The van der Waals surface area contributed by atoms with E-state index in [1.807, 2.05) is 19.1 Å². The van der Waals surface area contributed by atoms with Crippen molar-refractivity contribution in [2.24, 2.45) is 0 Å². The van der Waals surface area contributed by atoms with E-state index in [2.05, 4.69) is 20.3 Å². The third-order valence-electron chi connectivity index (χ3n) is 4.25. The van der Waals surface area contributed by atoms with E-state index in [9.17, 15) is 18.0 Å². The number of nitrogens with one attached hydrogen (secondary N) is 3. The second-order valence-electron chi connectivity index (χ2n) is 6.95. The highest BCUT2D eigenvalue weighted by Gasteiger charge is 2.15. The van der Waals surface area contributed by atoms with E-state index in [1.54, 1.807) is 24.3 Å². The van der Waals surface area contributed by atoms with Gasteiger partial charge in [-0.25, -0.2) is 13.4 Å². The van der Waals surface area contributed by atoms with E-state index in [1.165, 1.54) is 23.5 Å². The van der Waals surface area contributed by atoms with Gasteiger partial charge in [-0.2, -0.15) is 0 Å². The Bertz CT molecular complexity index is 1240. The first-order valence-corrected chi connectivity index (χ1v) is 12.6. The topological polar surface area (TPSA) is 117 Å². The molecule has 3 N–H and O–H groups in total. The fourth-order valence-electron chi connectivity index (χ4n) is 2.81. The number of carbonyl (C=O) groups is 2. The Morgan fingerprint density at radius 3 is 2.44 bits per heavy atom. The molecule has 1 heterocycles. The third kappa shape index (κ3) is 6.78. The first-order chi connectivity index (χ1) is 15.1. The average Bonchev–Trinajstić information content (AvgIpc) is 3.08. The minimum Gasteiger partial charge on any atom is -0.347 e. The van der Waals surface area contributed by atoms with Gasteiger partial charge in [0, 0.05) is 34.1 Å². The molecular weight excluding hydrogens is 472 g/mol. The quantitative estimate of drug-likeness (QED) is 0.437. The van der Waals surface area contributed by atoms with Crippen molar-refractivity contribution in [3.8, 4) is 10.6 Å². The average molecular weight is 493 g/mol. The van der Waals surface area contributed by atoms with Crippen LogP contribution in [0, 0.1) is 6.92 Å². The maximum absolute atomic E-state index is 12.2. The molecule has 0 aliphatic rings. The van der Waals surface area contributed by atoms with Crippen LogP contribution in [0.5, 0.6) is 0 Å². The lowest BCUT2D eigenvalue weighted by Gasteiger charge is -2.08. The van der Waals surface area contributed by atoms with Crippen LogP contribution in [0.3, 0.4) is 0 Å². The van der Waals surface area contributed by atoms with Crippen molar-refractivity contribution in [1.29, 1.82) is 0 Å². The van der Waals surface area contributed by atoms with Gasteiger partial charge in [0.25, 0.3) is 0 Å². The summed E-state index contributed by atoms with van der Waals surface area (Å²) in [4.78, 5) is 29.9. The van der Waals surface area contributed by atoms with Gasteiger partial charge in [0.2, 0.25) is 10.0 Å². The number of carbonyl (C=O) groups excluding carboxylic acids is 2. The highest BCUT2D eigenvalue weighted by Crippen LogP contribution is 2.29. The summed E-state index contributed by atoms with van der Waals surface area (Å²) < 4.78 is 25.0. The minimum atomic E-state index is -3.45. The molecule has 0 radical (unpaired) electrons. The summed E-state index contributed by atoms with van der Waals surface area (Å²) >= 11 is 7.45. The predicted molar refractivity (Wildman–Crippen MR) is 128 cm³/mol. The van der Waals surface area contributed by atoms with E-state index < -0.39 is 21.8 Å². The zero-order valence-electron chi connectivity index (χ0n) is 17.3. The fraction of sp³-hybridized carbons (Fsp3) is 0.190. The summed E-state index contributed by atoms with van der Waals surface area (Å²) in [6.07, 6.45) is 1.55. The molecule has 0 saturated heterocycles. The van der Waals surface area contributed by atoms with Gasteiger partial charge in [-0.05, 0) is 37.3 Å². The molecule has 1 aromatic heterocycles. The van der Waals surface area contributed by atoms with Crippen molar-refractivity contribution in [2.75, 3.05) is 22.8 Å². The molecular formula is C21H21ClN4O4S2. The zero-order valence-corrected chi connectivity index (χ0v) is 19.7. The first kappa shape index (κ1) is 23.7. The molecule has 0 aliphatic heterocycles. The van der Waals surface area contributed by atoms with Crippen LogP contribution in [-0.2, 0) is 26.0 Å². The number of hydrogen-bond acceptors (Lipinski definition) is 6. The molecule has 0 aliphatic carbocycles. The lowest BCUT2D eigenvalue weighted by molar-refractivity contribution is -0.136. The van der Waals surface area contributed by atoms with E-state index >= 15 is 0 Å². The van der Waals surface area contributed by atoms with Crippen LogP contribution in [-0.4, -0.2) is 38.0 Å². The Morgan fingerprint density at radius 1 is 1.06 bits per heavy atom. The number of rotatable bonds is 7. The van der Waals surface area contributed by atoms with Gasteiger partial charge < -0.3 is 10.6 Å². The minimum absolute atomic E-state index is 0.269. The number of hydrogen-bond donors (Lipinski definition) is 3. The van der Waals surface area contributed by atoms with E-state index in [0.717, 1.165) is 27.4 Å². The zero-order chi connectivity index (χ0) is 23.3. The predicted octanol–water partition coefficient (Wildman–Crippen LogP) is 3.44. The normalized spacial score (nSPS) is 11.1. The molecule has 0 atom stereocenters. The van der Waals surface area contributed by atoms with Crippen LogP contribution in [0.4, 0.5) is 11.4 Å². The van der Waals surface area contributed by atoms with Crippen molar-refractivity contribution in [3.63, 3.8) is 0 Å². The summed E-state index contributed by atoms with van der Waals surface area (Å²) in [5, 5.41) is 6.55. The Morgan fingerprint density at radius 2 is 1.75 bits per heavy atom. The summed E-state index contributed by atoms with van der Waals surface area (Å²) in [5.74, 6) is -1.63. The number of aromatic nitrogens is 1. The number of thiazole rings is 1. The highest BCUT2D eigenvalue weighted by molar-refractivity contribution is 7.92. The van der Waals surface area contributed by atoms with Crippen molar-refractivity contribution >= 4 is 56.2 Å².